The number of hydrogen-bond acceptors (Lipinski definition) is 2. The summed E-state index contributed by atoms with van der Waals surface area (Å²) in [5.74, 6) is 0. The number of fused-ring (bicyclic) bond motifs is 1. The molecule has 0 bridgehead atoms. The van der Waals surface area contributed by atoms with Gasteiger partial charge in [0.25, 0.3) is 0 Å². The Morgan fingerprint density at radius 2 is 2.29 bits per heavy atom. The number of rotatable bonds is 0. The molecule has 0 radical (unpaired) electrons. The molecule has 0 saturated carbocycles. The van der Waals surface area contributed by atoms with Gasteiger partial charge in [-0.05, 0) is 30.5 Å². The quantitative estimate of drug-likeness (QED) is 0.615. The van der Waals surface area contributed by atoms with Gasteiger partial charge in [0.2, 0.25) is 0 Å². The summed E-state index contributed by atoms with van der Waals surface area (Å²) >= 11 is 0. The van der Waals surface area contributed by atoms with Crippen molar-refractivity contribution in [1.82, 2.24) is 0 Å². The monoisotopic (exact) mass is 192 g/mol. The van der Waals surface area contributed by atoms with Crippen LogP contribution >= 0.6 is 0 Å². The van der Waals surface area contributed by atoms with E-state index < -0.39 is 6.09 Å². The number of nitrogens with two attached hydrogens (primary N) is 1. The first kappa shape index (κ1) is 8.87. The number of anilines is 2. The van der Waals surface area contributed by atoms with Crippen LogP contribution < -0.4 is 10.6 Å². The summed E-state index contributed by atoms with van der Waals surface area (Å²) in [6, 6.07) is 5.44. The molecule has 0 fully saturated rings. The van der Waals surface area contributed by atoms with Crippen LogP contribution in [0.3, 0.4) is 0 Å². The fraction of sp³-hybridized carbons (Fsp3) is 0.300. The zero-order valence-electron chi connectivity index (χ0n) is 7.73. The Hall–Kier alpha value is -1.71. The lowest BCUT2D eigenvalue weighted by Crippen LogP contribution is -2.34. The summed E-state index contributed by atoms with van der Waals surface area (Å²) in [5.41, 5.74) is 8.04. The Balaban J connectivity index is 2.46. The molecular weight excluding hydrogens is 180 g/mol. The van der Waals surface area contributed by atoms with Crippen LogP contribution in [0.15, 0.2) is 18.2 Å². The second-order valence-corrected chi connectivity index (χ2v) is 3.43. The number of nitrogens with zero attached hydrogens (tertiary/aromatic N) is 1. The van der Waals surface area contributed by atoms with Crippen molar-refractivity contribution in [2.45, 2.75) is 12.8 Å². The summed E-state index contributed by atoms with van der Waals surface area (Å²) in [6.45, 7) is 0.561. The lowest BCUT2D eigenvalue weighted by atomic mass is 10.0. The van der Waals surface area contributed by atoms with Crippen LogP contribution in [0.1, 0.15) is 12.0 Å². The minimum Gasteiger partial charge on any atom is -0.465 e. The third-order valence-corrected chi connectivity index (χ3v) is 2.46. The third-order valence-electron chi connectivity index (χ3n) is 2.46. The van der Waals surface area contributed by atoms with Crippen molar-refractivity contribution in [3.05, 3.63) is 23.8 Å². The van der Waals surface area contributed by atoms with Crippen LogP contribution in [0, 0.1) is 0 Å². The summed E-state index contributed by atoms with van der Waals surface area (Å²) in [4.78, 5) is 12.3. The van der Waals surface area contributed by atoms with Crippen molar-refractivity contribution < 1.29 is 9.90 Å². The molecule has 3 N–H and O–H groups in total. The van der Waals surface area contributed by atoms with E-state index in [1.165, 1.54) is 4.90 Å². The SMILES string of the molecule is Nc1ccc2c(c1)N(C(=O)O)CCC2. The van der Waals surface area contributed by atoms with Gasteiger partial charge in [0.15, 0.2) is 0 Å². The van der Waals surface area contributed by atoms with Gasteiger partial charge < -0.3 is 10.8 Å². The number of carbonyl (C=O) groups is 1. The van der Waals surface area contributed by atoms with E-state index >= 15 is 0 Å². The van der Waals surface area contributed by atoms with Crippen molar-refractivity contribution in [2.24, 2.45) is 0 Å². The van der Waals surface area contributed by atoms with Crippen LogP contribution in [0.25, 0.3) is 0 Å². The molecule has 1 aliphatic rings. The van der Waals surface area contributed by atoms with Gasteiger partial charge in [0.1, 0.15) is 0 Å². The van der Waals surface area contributed by atoms with Crippen molar-refractivity contribution >= 4 is 17.5 Å². The van der Waals surface area contributed by atoms with Crippen LogP contribution in [0.4, 0.5) is 16.2 Å². The summed E-state index contributed by atoms with van der Waals surface area (Å²) in [7, 11) is 0. The maximum atomic E-state index is 10.9. The van der Waals surface area contributed by atoms with Crippen LogP contribution in [-0.2, 0) is 6.42 Å². The largest absolute Gasteiger partial charge is 0.465 e. The summed E-state index contributed by atoms with van der Waals surface area (Å²) in [5, 5.41) is 8.96. The summed E-state index contributed by atoms with van der Waals surface area (Å²) in [6.07, 6.45) is 0.902. The zero-order chi connectivity index (χ0) is 10.1. The Morgan fingerprint density at radius 1 is 1.50 bits per heavy atom. The smallest absolute Gasteiger partial charge is 0.411 e. The van der Waals surface area contributed by atoms with Gasteiger partial charge in [-0.1, -0.05) is 6.07 Å². The molecule has 1 heterocycles. The van der Waals surface area contributed by atoms with E-state index in [0.29, 0.717) is 12.2 Å². The van der Waals surface area contributed by atoms with Gasteiger partial charge in [-0.25, -0.2) is 4.79 Å². The van der Waals surface area contributed by atoms with Crippen molar-refractivity contribution in [3.63, 3.8) is 0 Å². The predicted molar refractivity (Wildman–Crippen MR) is 54.5 cm³/mol. The molecular formula is C10H12N2O2. The van der Waals surface area contributed by atoms with E-state index in [1.54, 1.807) is 6.07 Å². The number of nitrogen functional groups attached to an aromatic ring is 1. The Morgan fingerprint density at radius 3 is 3.00 bits per heavy atom. The molecule has 0 saturated heterocycles. The molecule has 1 amide bonds. The molecule has 0 atom stereocenters. The molecule has 2 rings (SSSR count). The average molecular weight is 192 g/mol. The minimum absolute atomic E-state index is 0.561. The van der Waals surface area contributed by atoms with E-state index in [1.807, 2.05) is 12.1 Å². The second-order valence-electron chi connectivity index (χ2n) is 3.43. The van der Waals surface area contributed by atoms with E-state index in [0.717, 1.165) is 24.1 Å². The van der Waals surface area contributed by atoms with Gasteiger partial charge in [0.05, 0.1) is 5.69 Å². The highest BCUT2D eigenvalue weighted by Crippen LogP contribution is 2.28. The first-order chi connectivity index (χ1) is 6.68. The number of amides is 1. The van der Waals surface area contributed by atoms with Crippen molar-refractivity contribution in [2.75, 3.05) is 17.2 Å². The van der Waals surface area contributed by atoms with E-state index in [4.69, 9.17) is 10.8 Å². The molecule has 1 aliphatic heterocycles. The zero-order valence-corrected chi connectivity index (χ0v) is 7.73. The third kappa shape index (κ3) is 1.39. The van der Waals surface area contributed by atoms with Gasteiger partial charge in [0, 0.05) is 12.2 Å². The molecule has 0 unspecified atom stereocenters. The van der Waals surface area contributed by atoms with Gasteiger partial charge in [-0.15, -0.1) is 0 Å². The van der Waals surface area contributed by atoms with E-state index in [2.05, 4.69) is 0 Å². The lowest BCUT2D eigenvalue weighted by Gasteiger charge is -2.27. The van der Waals surface area contributed by atoms with Gasteiger partial charge in [-0.3, -0.25) is 4.90 Å². The number of carboxylic acid groups (broad SMARTS) is 1. The van der Waals surface area contributed by atoms with Crippen molar-refractivity contribution in [1.29, 1.82) is 0 Å². The number of benzene rings is 1. The molecule has 4 nitrogen and oxygen atoms in total. The van der Waals surface area contributed by atoms with Crippen LogP contribution in [-0.4, -0.2) is 17.7 Å². The Kier molecular flexibility index (Phi) is 2.04. The van der Waals surface area contributed by atoms with Crippen molar-refractivity contribution in [3.8, 4) is 0 Å². The normalized spacial score (nSPS) is 15.0. The fourth-order valence-electron chi connectivity index (χ4n) is 1.79. The highest BCUT2D eigenvalue weighted by atomic mass is 16.4. The molecule has 0 aromatic heterocycles. The first-order valence-corrected chi connectivity index (χ1v) is 4.57. The first-order valence-electron chi connectivity index (χ1n) is 4.57. The Bertz CT molecular complexity index is 376. The van der Waals surface area contributed by atoms with E-state index in [9.17, 15) is 4.79 Å². The fourth-order valence-corrected chi connectivity index (χ4v) is 1.79. The second kappa shape index (κ2) is 3.21. The molecule has 0 aliphatic carbocycles. The van der Waals surface area contributed by atoms with Gasteiger partial charge in [-0.2, -0.15) is 0 Å². The summed E-state index contributed by atoms with van der Waals surface area (Å²) < 4.78 is 0. The molecule has 0 spiro atoms. The maximum Gasteiger partial charge on any atom is 0.411 e. The maximum absolute atomic E-state index is 10.9. The highest BCUT2D eigenvalue weighted by Gasteiger charge is 2.21. The topological polar surface area (TPSA) is 66.6 Å². The molecule has 74 valence electrons. The number of aryl methyl sites for hydroxylation is 1. The lowest BCUT2D eigenvalue weighted by molar-refractivity contribution is 0.201. The number of hydrogen-bond donors (Lipinski definition) is 2. The Labute approximate surface area is 81.9 Å². The molecule has 14 heavy (non-hydrogen) atoms. The van der Waals surface area contributed by atoms with E-state index in [-0.39, 0.29) is 0 Å². The minimum atomic E-state index is -0.906. The van der Waals surface area contributed by atoms with Crippen LogP contribution in [0.5, 0.6) is 0 Å². The predicted octanol–water partition coefficient (Wildman–Crippen LogP) is 1.70. The van der Waals surface area contributed by atoms with Gasteiger partial charge >= 0.3 is 6.09 Å². The molecule has 4 heteroatoms. The average Bonchev–Trinajstić information content (AvgIpc) is 2.16. The molecule has 1 aromatic rings. The molecule has 1 aromatic carbocycles. The standard InChI is InChI=1S/C10H12N2O2/c11-8-4-3-7-2-1-5-12(10(13)14)9(7)6-8/h3-4,6H,1-2,5,11H2,(H,13,14). The van der Waals surface area contributed by atoms with Crippen LogP contribution in [0.2, 0.25) is 0 Å². The highest BCUT2D eigenvalue weighted by molar-refractivity contribution is 5.88.